The van der Waals surface area contributed by atoms with Crippen LogP contribution in [0.1, 0.15) is 22.6 Å². The lowest BCUT2D eigenvalue weighted by Crippen LogP contribution is -2.09. The highest BCUT2D eigenvalue weighted by Crippen LogP contribution is 2.47. The second-order valence-electron chi connectivity index (χ2n) is 5.93. The van der Waals surface area contributed by atoms with Crippen molar-refractivity contribution < 1.29 is 0 Å². The van der Waals surface area contributed by atoms with Gasteiger partial charge in [-0.25, -0.2) is 0 Å². The van der Waals surface area contributed by atoms with Crippen molar-refractivity contribution in [3.8, 4) is 0 Å². The van der Waals surface area contributed by atoms with Crippen LogP contribution in [0.4, 0.5) is 5.69 Å². The standard InChI is InChI=1S/C20H15N/c1-2-7-15-12-19-17(11-14(15)6-1)20-16-8-4-3-5-13(16)9-10-18(20)21-19/h1-10,12,17,21H,11H2. The second-order valence-corrected chi connectivity index (χ2v) is 5.93. The van der Waals surface area contributed by atoms with Crippen molar-refractivity contribution in [1.29, 1.82) is 0 Å². The van der Waals surface area contributed by atoms with Crippen LogP contribution in [-0.2, 0) is 6.42 Å². The molecule has 0 saturated carbocycles. The monoisotopic (exact) mass is 269 g/mol. The van der Waals surface area contributed by atoms with Gasteiger partial charge in [0, 0.05) is 17.3 Å². The Bertz CT molecular complexity index is 905. The predicted octanol–water partition coefficient (Wildman–Crippen LogP) is 4.95. The number of fused-ring (bicyclic) bond motifs is 6. The SMILES string of the molecule is C1=C2Nc3ccc4ccccc4c3C2Cc2ccccc21. The van der Waals surface area contributed by atoms with Gasteiger partial charge in [0.1, 0.15) is 0 Å². The van der Waals surface area contributed by atoms with E-state index in [0.29, 0.717) is 5.92 Å². The van der Waals surface area contributed by atoms with Crippen LogP contribution < -0.4 is 5.32 Å². The molecule has 1 unspecified atom stereocenters. The summed E-state index contributed by atoms with van der Waals surface area (Å²) >= 11 is 0. The summed E-state index contributed by atoms with van der Waals surface area (Å²) in [5, 5.41) is 6.35. The lowest BCUT2D eigenvalue weighted by molar-refractivity contribution is 0.817. The molecule has 3 aromatic rings. The fraction of sp³-hybridized carbons (Fsp3) is 0.100. The maximum Gasteiger partial charge on any atom is 0.0427 e. The number of hydrogen-bond acceptors (Lipinski definition) is 1. The molecular weight excluding hydrogens is 254 g/mol. The van der Waals surface area contributed by atoms with Gasteiger partial charge in [-0.2, -0.15) is 0 Å². The molecule has 1 aliphatic carbocycles. The van der Waals surface area contributed by atoms with Gasteiger partial charge in [0.2, 0.25) is 0 Å². The molecule has 1 heteroatoms. The molecule has 0 aromatic heterocycles. The Morgan fingerprint density at radius 3 is 2.71 bits per heavy atom. The van der Waals surface area contributed by atoms with Gasteiger partial charge >= 0.3 is 0 Å². The molecule has 0 bridgehead atoms. The van der Waals surface area contributed by atoms with E-state index < -0.39 is 0 Å². The maximum absolute atomic E-state index is 3.63. The van der Waals surface area contributed by atoms with E-state index in [9.17, 15) is 0 Å². The molecule has 1 aliphatic heterocycles. The minimum atomic E-state index is 0.473. The van der Waals surface area contributed by atoms with Crippen molar-refractivity contribution in [3.63, 3.8) is 0 Å². The van der Waals surface area contributed by atoms with Crippen molar-refractivity contribution in [1.82, 2.24) is 0 Å². The number of rotatable bonds is 0. The molecular formula is C20H15N. The third-order valence-corrected chi connectivity index (χ3v) is 4.76. The summed E-state index contributed by atoms with van der Waals surface area (Å²) in [7, 11) is 0. The van der Waals surface area contributed by atoms with Gasteiger partial charge in [0.05, 0.1) is 0 Å². The van der Waals surface area contributed by atoms with Gasteiger partial charge in [-0.05, 0) is 46.0 Å². The van der Waals surface area contributed by atoms with Crippen molar-refractivity contribution >= 4 is 22.5 Å². The Balaban J connectivity index is 1.76. The van der Waals surface area contributed by atoms with E-state index in [1.807, 2.05) is 0 Å². The molecule has 0 saturated heterocycles. The summed E-state index contributed by atoms with van der Waals surface area (Å²) in [5.74, 6) is 0.473. The van der Waals surface area contributed by atoms with Gasteiger partial charge in [-0.3, -0.25) is 0 Å². The van der Waals surface area contributed by atoms with Gasteiger partial charge in [0.15, 0.2) is 0 Å². The van der Waals surface area contributed by atoms with Crippen LogP contribution in [0, 0.1) is 0 Å². The molecule has 3 aromatic carbocycles. The fourth-order valence-corrected chi connectivity index (χ4v) is 3.78. The summed E-state index contributed by atoms with van der Waals surface area (Å²) in [5.41, 5.74) is 6.90. The normalized spacial score (nSPS) is 18.5. The second kappa shape index (κ2) is 3.98. The molecule has 21 heavy (non-hydrogen) atoms. The number of allylic oxidation sites excluding steroid dienone is 1. The summed E-state index contributed by atoms with van der Waals surface area (Å²) in [4.78, 5) is 0. The first-order chi connectivity index (χ1) is 10.4. The third-order valence-electron chi connectivity index (χ3n) is 4.76. The molecule has 5 rings (SSSR count). The van der Waals surface area contributed by atoms with E-state index >= 15 is 0 Å². The molecule has 1 nitrogen and oxygen atoms in total. The van der Waals surface area contributed by atoms with E-state index in [4.69, 9.17) is 0 Å². The number of nitrogens with one attached hydrogen (secondary N) is 1. The zero-order valence-electron chi connectivity index (χ0n) is 11.6. The summed E-state index contributed by atoms with van der Waals surface area (Å²) in [6.07, 6.45) is 3.41. The van der Waals surface area contributed by atoms with Crippen LogP contribution >= 0.6 is 0 Å². The molecule has 0 spiro atoms. The van der Waals surface area contributed by atoms with Crippen LogP contribution in [0.3, 0.4) is 0 Å². The van der Waals surface area contributed by atoms with Crippen molar-refractivity contribution in [2.75, 3.05) is 5.32 Å². The molecule has 2 aliphatic rings. The van der Waals surface area contributed by atoms with Gasteiger partial charge in [-0.15, -0.1) is 0 Å². The summed E-state index contributed by atoms with van der Waals surface area (Å²) in [6, 6.07) is 21.9. The summed E-state index contributed by atoms with van der Waals surface area (Å²) < 4.78 is 0. The Morgan fingerprint density at radius 1 is 0.857 bits per heavy atom. The highest BCUT2D eigenvalue weighted by molar-refractivity contribution is 5.94. The van der Waals surface area contributed by atoms with Gasteiger partial charge < -0.3 is 5.32 Å². The van der Waals surface area contributed by atoms with E-state index in [1.165, 1.54) is 38.8 Å². The van der Waals surface area contributed by atoms with Crippen LogP contribution in [0.25, 0.3) is 16.8 Å². The number of hydrogen-bond donors (Lipinski definition) is 1. The highest BCUT2D eigenvalue weighted by Gasteiger charge is 2.31. The fourth-order valence-electron chi connectivity index (χ4n) is 3.78. The van der Waals surface area contributed by atoms with Crippen molar-refractivity contribution in [3.05, 3.63) is 83.1 Å². The lowest BCUT2D eigenvalue weighted by atomic mass is 9.83. The molecule has 1 atom stereocenters. The maximum atomic E-state index is 3.63. The molecule has 1 N–H and O–H groups in total. The molecule has 1 heterocycles. The first-order valence-electron chi connectivity index (χ1n) is 7.48. The molecule has 100 valence electrons. The van der Waals surface area contributed by atoms with E-state index in [2.05, 4.69) is 72.1 Å². The summed E-state index contributed by atoms with van der Waals surface area (Å²) in [6.45, 7) is 0. The quantitative estimate of drug-likeness (QED) is 0.609. The van der Waals surface area contributed by atoms with Gasteiger partial charge in [0.25, 0.3) is 0 Å². The van der Waals surface area contributed by atoms with Gasteiger partial charge in [-0.1, -0.05) is 54.6 Å². The first-order valence-corrected chi connectivity index (χ1v) is 7.48. The van der Waals surface area contributed by atoms with Crippen molar-refractivity contribution in [2.45, 2.75) is 12.3 Å². The predicted molar refractivity (Wildman–Crippen MR) is 88.4 cm³/mol. The molecule has 0 fully saturated rings. The van der Waals surface area contributed by atoms with E-state index in [1.54, 1.807) is 0 Å². The van der Waals surface area contributed by atoms with E-state index in [0.717, 1.165) is 6.42 Å². The largest absolute Gasteiger partial charge is 0.358 e. The Kier molecular flexibility index (Phi) is 2.12. The van der Waals surface area contributed by atoms with Crippen LogP contribution in [0.15, 0.2) is 66.4 Å². The smallest absolute Gasteiger partial charge is 0.0427 e. The minimum absolute atomic E-state index is 0.473. The molecule has 0 radical (unpaired) electrons. The first kappa shape index (κ1) is 11.2. The average Bonchev–Trinajstić information content (AvgIpc) is 2.90. The van der Waals surface area contributed by atoms with Crippen LogP contribution in [-0.4, -0.2) is 0 Å². The Hall–Kier alpha value is -2.54. The lowest BCUT2D eigenvalue weighted by Gasteiger charge is -2.21. The Morgan fingerprint density at radius 2 is 1.71 bits per heavy atom. The average molecular weight is 269 g/mol. The van der Waals surface area contributed by atoms with E-state index in [-0.39, 0.29) is 0 Å². The minimum Gasteiger partial charge on any atom is -0.358 e. The number of anilines is 1. The van der Waals surface area contributed by atoms with Crippen molar-refractivity contribution in [2.24, 2.45) is 0 Å². The molecule has 0 amide bonds. The highest BCUT2D eigenvalue weighted by atomic mass is 14.9. The van der Waals surface area contributed by atoms with Crippen LogP contribution in [0.2, 0.25) is 0 Å². The zero-order valence-corrected chi connectivity index (χ0v) is 11.6. The third kappa shape index (κ3) is 1.52. The zero-order chi connectivity index (χ0) is 13.8. The van der Waals surface area contributed by atoms with Crippen LogP contribution in [0.5, 0.6) is 0 Å². The topological polar surface area (TPSA) is 12.0 Å². The number of benzene rings is 3. The Labute approximate surface area is 123 Å².